The van der Waals surface area contributed by atoms with Crippen LogP contribution < -0.4 is 0 Å². The Morgan fingerprint density at radius 1 is 1.12 bits per heavy atom. The second kappa shape index (κ2) is 9.80. The number of ether oxygens (including phenoxy) is 1. The highest BCUT2D eigenvalue weighted by Gasteiger charge is 2.33. The minimum atomic E-state index is -0.386. The molecule has 0 bridgehead atoms. The maximum atomic E-state index is 12.8. The fourth-order valence-corrected chi connectivity index (χ4v) is 3.93. The molecule has 25 heavy (non-hydrogen) atoms. The Labute approximate surface area is 158 Å². The first-order valence-electron chi connectivity index (χ1n) is 9.53. The SMILES string of the molecule is CC(C)(C)C[C@H](CSC(=O)OC1/C=C/CCCCC1)C(=O)C(C)(C)C. The van der Waals surface area contributed by atoms with Crippen molar-refractivity contribution >= 4 is 22.8 Å². The second-order valence-electron chi connectivity index (χ2n) is 9.36. The number of carbonyl (C=O) groups excluding carboxylic acids is 2. The number of thioether (sulfide) groups is 1. The molecule has 0 aromatic heterocycles. The highest BCUT2D eigenvalue weighted by Crippen LogP contribution is 2.32. The van der Waals surface area contributed by atoms with Crippen molar-refractivity contribution < 1.29 is 14.3 Å². The third-order valence-electron chi connectivity index (χ3n) is 4.33. The lowest BCUT2D eigenvalue weighted by molar-refractivity contribution is -0.130. The molecule has 0 heterocycles. The van der Waals surface area contributed by atoms with Gasteiger partial charge >= 0.3 is 5.30 Å². The molecule has 0 fully saturated rings. The van der Waals surface area contributed by atoms with Crippen LogP contribution in [-0.4, -0.2) is 22.9 Å². The Morgan fingerprint density at radius 2 is 1.80 bits per heavy atom. The Kier molecular flexibility index (Phi) is 8.73. The third kappa shape index (κ3) is 9.48. The van der Waals surface area contributed by atoms with Crippen LogP contribution in [0.4, 0.5) is 4.79 Å². The van der Waals surface area contributed by atoms with E-state index in [1.54, 1.807) is 0 Å². The van der Waals surface area contributed by atoms with E-state index in [1.165, 1.54) is 12.8 Å². The maximum Gasteiger partial charge on any atom is 0.367 e. The quantitative estimate of drug-likeness (QED) is 0.415. The van der Waals surface area contributed by atoms with Crippen molar-refractivity contribution in [2.24, 2.45) is 16.7 Å². The summed E-state index contributed by atoms with van der Waals surface area (Å²) in [6.07, 6.45) is 10.3. The largest absolute Gasteiger partial charge is 0.450 e. The van der Waals surface area contributed by atoms with E-state index in [4.69, 9.17) is 4.74 Å². The summed E-state index contributed by atoms with van der Waals surface area (Å²) in [6.45, 7) is 12.3. The summed E-state index contributed by atoms with van der Waals surface area (Å²) in [5, 5.41) is -0.254. The molecule has 0 aromatic carbocycles. The van der Waals surface area contributed by atoms with E-state index in [0.717, 1.165) is 37.4 Å². The van der Waals surface area contributed by atoms with Crippen molar-refractivity contribution in [3.8, 4) is 0 Å². The van der Waals surface area contributed by atoms with E-state index in [2.05, 4.69) is 26.8 Å². The topological polar surface area (TPSA) is 43.4 Å². The highest BCUT2D eigenvalue weighted by molar-refractivity contribution is 8.13. The van der Waals surface area contributed by atoms with E-state index < -0.39 is 0 Å². The first-order valence-corrected chi connectivity index (χ1v) is 10.5. The number of rotatable bonds is 5. The Bertz CT molecular complexity index is 469. The molecule has 0 saturated carbocycles. The van der Waals surface area contributed by atoms with Crippen LogP contribution in [0.5, 0.6) is 0 Å². The number of hydrogen-bond acceptors (Lipinski definition) is 4. The van der Waals surface area contributed by atoms with Gasteiger partial charge in [-0.05, 0) is 55.4 Å². The fourth-order valence-electron chi connectivity index (χ4n) is 3.13. The van der Waals surface area contributed by atoms with Crippen molar-refractivity contribution in [1.29, 1.82) is 0 Å². The zero-order valence-corrected chi connectivity index (χ0v) is 17.7. The summed E-state index contributed by atoms with van der Waals surface area (Å²) in [6, 6.07) is 0. The van der Waals surface area contributed by atoms with Crippen LogP contribution >= 0.6 is 11.8 Å². The number of ketones is 1. The third-order valence-corrected chi connectivity index (χ3v) is 5.23. The predicted molar refractivity (Wildman–Crippen MR) is 107 cm³/mol. The molecule has 0 aromatic rings. The lowest BCUT2D eigenvalue weighted by Crippen LogP contribution is -2.33. The molecule has 2 atom stereocenters. The number of hydrogen-bond donors (Lipinski definition) is 0. The molecule has 4 heteroatoms. The van der Waals surface area contributed by atoms with Gasteiger partial charge < -0.3 is 4.74 Å². The van der Waals surface area contributed by atoms with Gasteiger partial charge in [-0.15, -0.1) is 0 Å². The van der Waals surface area contributed by atoms with E-state index in [1.807, 2.05) is 26.8 Å². The maximum absolute atomic E-state index is 12.8. The molecular formula is C21H36O3S. The van der Waals surface area contributed by atoms with Crippen LogP contribution in [0.2, 0.25) is 0 Å². The molecule has 1 rings (SSSR count). The number of carbonyl (C=O) groups is 2. The second-order valence-corrected chi connectivity index (χ2v) is 10.3. The summed E-state index contributed by atoms with van der Waals surface area (Å²) in [5.41, 5.74) is -0.332. The molecule has 0 spiro atoms. The van der Waals surface area contributed by atoms with Crippen molar-refractivity contribution in [3.05, 3.63) is 12.2 Å². The van der Waals surface area contributed by atoms with E-state index in [-0.39, 0.29) is 33.9 Å². The summed E-state index contributed by atoms with van der Waals surface area (Å²) in [5.74, 6) is 0.613. The molecule has 144 valence electrons. The molecule has 1 aliphatic rings. The minimum absolute atomic E-state index is 0.0539. The molecular weight excluding hydrogens is 332 g/mol. The van der Waals surface area contributed by atoms with Crippen molar-refractivity contribution in [2.75, 3.05) is 5.75 Å². The fraction of sp³-hybridized carbons (Fsp3) is 0.810. The van der Waals surface area contributed by atoms with Crippen LogP contribution in [0.25, 0.3) is 0 Å². The summed E-state index contributed by atoms with van der Waals surface area (Å²) in [4.78, 5) is 25.0. The molecule has 0 aliphatic heterocycles. The molecule has 3 nitrogen and oxygen atoms in total. The van der Waals surface area contributed by atoms with Crippen LogP contribution in [-0.2, 0) is 9.53 Å². The van der Waals surface area contributed by atoms with Crippen molar-refractivity contribution in [2.45, 2.75) is 86.2 Å². The van der Waals surface area contributed by atoms with Gasteiger partial charge in [-0.3, -0.25) is 4.79 Å². The molecule has 0 amide bonds. The lowest BCUT2D eigenvalue weighted by Gasteiger charge is -2.29. The molecule has 0 N–H and O–H groups in total. The van der Waals surface area contributed by atoms with Gasteiger partial charge in [0.25, 0.3) is 0 Å². The van der Waals surface area contributed by atoms with Crippen LogP contribution in [0, 0.1) is 16.7 Å². The molecule has 0 radical (unpaired) electrons. The van der Waals surface area contributed by atoms with Gasteiger partial charge in [0.2, 0.25) is 0 Å². The number of Topliss-reactive ketones (excluding diaryl/α,β-unsaturated/α-hetero) is 1. The Morgan fingerprint density at radius 3 is 2.40 bits per heavy atom. The van der Waals surface area contributed by atoms with Gasteiger partial charge in [0.15, 0.2) is 0 Å². The standard InChI is InChI=1S/C21H36O3S/c1-20(2,3)14-16(18(22)21(4,5)6)15-25-19(23)24-17-12-10-8-7-9-11-13-17/h10,12,16-17H,7-9,11,13-15H2,1-6H3/b12-10+/t16-,17?/m1/s1. The average molecular weight is 369 g/mol. The van der Waals surface area contributed by atoms with Crippen molar-refractivity contribution in [3.63, 3.8) is 0 Å². The van der Waals surface area contributed by atoms with Gasteiger partial charge in [0.1, 0.15) is 11.9 Å². The summed E-state index contributed by atoms with van der Waals surface area (Å²) >= 11 is 1.16. The normalized spacial score (nSPS) is 21.8. The first kappa shape index (κ1) is 22.3. The van der Waals surface area contributed by atoms with Crippen molar-refractivity contribution in [1.82, 2.24) is 0 Å². The molecule has 1 unspecified atom stereocenters. The monoisotopic (exact) mass is 368 g/mol. The van der Waals surface area contributed by atoms with Gasteiger partial charge in [0, 0.05) is 17.1 Å². The zero-order chi connectivity index (χ0) is 19.1. The molecule has 0 saturated heterocycles. The van der Waals surface area contributed by atoms with E-state index in [9.17, 15) is 9.59 Å². The van der Waals surface area contributed by atoms with Gasteiger partial charge in [-0.2, -0.15) is 0 Å². The lowest BCUT2D eigenvalue weighted by atomic mass is 9.76. The summed E-state index contributed by atoms with van der Waals surface area (Å²) in [7, 11) is 0. The molecule has 1 aliphatic carbocycles. The van der Waals surface area contributed by atoms with Crippen LogP contribution in [0.1, 0.15) is 80.1 Å². The van der Waals surface area contributed by atoms with Gasteiger partial charge in [-0.25, -0.2) is 4.79 Å². The zero-order valence-electron chi connectivity index (χ0n) is 16.9. The van der Waals surface area contributed by atoms with Gasteiger partial charge in [0.05, 0.1) is 0 Å². The minimum Gasteiger partial charge on any atom is -0.450 e. The van der Waals surface area contributed by atoms with Crippen LogP contribution in [0.3, 0.4) is 0 Å². The average Bonchev–Trinajstić information content (AvgIpc) is 2.43. The van der Waals surface area contributed by atoms with Gasteiger partial charge in [-0.1, -0.05) is 54.0 Å². The summed E-state index contributed by atoms with van der Waals surface area (Å²) < 4.78 is 5.60. The van der Waals surface area contributed by atoms with Crippen LogP contribution in [0.15, 0.2) is 12.2 Å². The highest BCUT2D eigenvalue weighted by atomic mass is 32.2. The Balaban J connectivity index is 2.60. The first-order chi connectivity index (χ1) is 11.5. The predicted octanol–water partition coefficient (Wildman–Crippen LogP) is 6.41. The van der Waals surface area contributed by atoms with E-state index >= 15 is 0 Å². The number of allylic oxidation sites excluding steroid dienone is 1. The Hall–Kier alpha value is -0.770. The smallest absolute Gasteiger partial charge is 0.367 e. The van der Waals surface area contributed by atoms with E-state index in [0.29, 0.717) is 5.75 Å².